The molecule has 8 heteroatoms. The second kappa shape index (κ2) is 7.31. The molecule has 0 saturated carbocycles. The summed E-state index contributed by atoms with van der Waals surface area (Å²) in [6.07, 6.45) is 1.01. The molecule has 0 unspecified atom stereocenters. The van der Waals surface area contributed by atoms with Gasteiger partial charge in [-0.05, 0) is 25.8 Å². The molecular formula is C16H26N6O2. The quantitative estimate of drug-likeness (QED) is 0.766. The molecule has 0 aromatic carbocycles. The van der Waals surface area contributed by atoms with Gasteiger partial charge in [-0.15, -0.1) is 5.10 Å². The first-order chi connectivity index (χ1) is 11.6. The molecule has 132 valence electrons. The van der Waals surface area contributed by atoms with Crippen LogP contribution in [0, 0.1) is 6.92 Å². The number of aryl methyl sites for hydroxylation is 1. The summed E-state index contributed by atoms with van der Waals surface area (Å²) in [5.41, 5.74) is 2.11. The van der Waals surface area contributed by atoms with Gasteiger partial charge in [0.05, 0.1) is 18.9 Å². The Kier molecular flexibility index (Phi) is 5.15. The van der Waals surface area contributed by atoms with Crippen molar-refractivity contribution in [3.05, 3.63) is 21.9 Å². The number of rotatable bonds is 6. The largest absolute Gasteiger partial charge is 0.379 e. The van der Waals surface area contributed by atoms with E-state index >= 15 is 0 Å². The fourth-order valence-corrected chi connectivity index (χ4v) is 3.13. The minimum Gasteiger partial charge on any atom is -0.379 e. The van der Waals surface area contributed by atoms with E-state index in [1.165, 1.54) is 0 Å². The van der Waals surface area contributed by atoms with Gasteiger partial charge in [0.15, 0.2) is 5.82 Å². The maximum absolute atomic E-state index is 12.0. The molecular weight excluding hydrogens is 308 g/mol. The molecule has 1 saturated heterocycles. The molecule has 24 heavy (non-hydrogen) atoms. The van der Waals surface area contributed by atoms with Gasteiger partial charge in [0.25, 0.3) is 0 Å². The summed E-state index contributed by atoms with van der Waals surface area (Å²) in [5.74, 6) is 0.912. The van der Waals surface area contributed by atoms with Crippen LogP contribution in [0.3, 0.4) is 0 Å². The van der Waals surface area contributed by atoms with Crippen LogP contribution in [0.1, 0.15) is 37.6 Å². The van der Waals surface area contributed by atoms with E-state index in [2.05, 4.69) is 34.3 Å². The SMILES string of the molecule is Cc1c(C(C)C)nc(NCCCN2CCOCC2)c2n[nH]c(=O)n12. The molecule has 0 bridgehead atoms. The first-order valence-electron chi connectivity index (χ1n) is 8.59. The van der Waals surface area contributed by atoms with Crippen molar-refractivity contribution >= 4 is 11.5 Å². The molecule has 1 aliphatic heterocycles. The lowest BCUT2D eigenvalue weighted by atomic mass is 10.1. The van der Waals surface area contributed by atoms with Crippen LogP contribution in [0.5, 0.6) is 0 Å². The lowest BCUT2D eigenvalue weighted by Gasteiger charge is -2.26. The number of aromatic nitrogens is 4. The number of H-pyrrole nitrogens is 1. The highest BCUT2D eigenvalue weighted by Crippen LogP contribution is 2.21. The fourth-order valence-electron chi connectivity index (χ4n) is 3.13. The van der Waals surface area contributed by atoms with Gasteiger partial charge in [-0.3, -0.25) is 4.90 Å². The van der Waals surface area contributed by atoms with Gasteiger partial charge in [-0.25, -0.2) is 19.3 Å². The summed E-state index contributed by atoms with van der Waals surface area (Å²) in [6, 6.07) is 0. The lowest BCUT2D eigenvalue weighted by Crippen LogP contribution is -2.37. The Morgan fingerprint density at radius 3 is 2.79 bits per heavy atom. The van der Waals surface area contributed by atoms with Crippen LogP contribution in [0.15, 0.2) is 4.79 Å². The van der Waals surface area contributed by atoms with Crippen LogP contribution in [-0.4, -0.2) is 63.9 Å². The van der Waals surface area contributed by atoms with Crippen molar-refractivity contribution in [3.63, 3.8) is 0 Å². The average Bonchev–Trinajstić information content (AvgIpc) is 2.96. The molecule has 0 atom stereocenters. The maximum atomic E-state index is 12.0. The van der Waals surface area contributed by atoms with Gasteiger partial charge in [0.2, 0.25) is 5.65 Å². The predicted molar refractivity (Wildman–Crippen MR) is 92.8 cm³/mol. The van der Waals surface area contributed by atoms with E-state index in [-0.39, 0.29) is 11.6 Å². The fraction of sp³-hybridized carbons (Fsp3) is 0.688. The van der Waals surface area contributed by atoms with Crippen molar-refractivity contribution in [3.8, 4) is 0 Å². The number of nitrogens with one attached hydrogen (secondary N) is 2. The summed E-state index contributed by atoms with van der Waals surface area (Å²) in [5, 5.41) is 9.99. The second-order valence-electron chi connectivity index (χ2n) is 6.51. The normalized spacial score (nSPS) is 16.2. The number of nitrogens with zero attached hydrogens (tertiary/aromatic N) is 4. The van der Waals surface area contributed by atoms with Crippen molar-refractivity contribution in [1.82, 2.24) is 24.5 Å². The van der Waals surface area contributed by atoms with E-state index in [1.54, 1.807) is 4.40 Å². The summed E-state index contributed by atoms with van der Waals surface area (Å²) in [4.78, 5) is 19.1. The maximum Gasteiger partial charge on any atom is 0.348 e. The molecule has 0 amide bonds. The summed E-state index contributed by atoms with van der Waals surface area (Å²) in [7, 11) is 0. The molecule has 1 aliphatic rings. The highest BCUT2D eigenvalue weighted by molar-refractivity contribution is 5.63. The molecule has 8 nitrogen and oxygen atoms in total. The third kappa shape index (κ3) is 3.44. The van der Waals surface area contributed by atoms with Gasteiger partial charge in [0, 0.05) is 25.3 Å². The topological polar surface area (TPSA) is 87.5 Å². The first kappa shape index (κ1) is 16.9. The average molecular weight is 334 g/mol. The summed E-state index contributed by atoms with van der Waals surface area (Å²) >= 11 is 0. The second-order valence-corrected chi connectivity index (χ2v) is 6.51. The first-order valence-corrected chi connectivity index (χ1v) is 8.59. The van der Waals surface area contributed by atoms with Gasteiger partial charge < -0.3 is 10.1 Å². The van der Waals surface area contributed by atoms with Crippen LogP contribution >= 0.6 is 0 Å². The highest BCUT2D eigenvalue weighted by Gasteiger charge is 2.17. The third-order valence-corrected chi connectivity index (χ3v) is 4.42. The number of anilines is 1. The Labute approximate surface area is 141 Å². The van der Waals surface area contributed by atoms with Gasteiger partial charge in [-0.1, -0.05) is 13.8 Å². The zero-order valence-electron chi connectivity index (χ0n) is 14.6. The Balaban J connectivity index is 1.71. The molecule has 2 aromatic heterocycles. The molecule has 1 fully saturated rings. The van der Waals surface area contributed by atoms with Gasteiger partial charge in [0.1, 0.15) is 0 Å². The van der Waals surface area contributed by atoms with E-state index in [1.807, 2.05) is 6.92 Å². The van der Waals surface area contributed by atoms with E-state index in [0.717, 1.165) is 57.2 Å². The third-order valence-electron chi connectivity index (χ3n) is 4.42. The monoisotopic (exact) mass is 334 g/mol. The molecule has 3 heterocycles. The van der Waals surface area contributed by atoms with Crippen molar-refractivity contribution in [2.75, 3.05) is 44.7 Å². The van der Waals surface area contributed by atoms with Crippen LogP contribution in [0.2, 0.25) is 0 Å². The summed E-state index contributed by atoms with van der Waals surface area (Å²) < 4.78 is 6.97. The minimum atomic E-state index is -0.219. The van der Waals surface area contributed by atoms with Crippen LogP contribution in [0.25, 0.3) is 5.65 Å². The van der Waals surface area contributed by atoms with Crippen molar-refractivity contribution in [2.24, 2.45) is 0 Å². The number of hydrogen-bond acceptors (Lipinski definition) is 6. The van der Waals surface area contributed by atoms with Crippen LogP contribution < -0.4 is 11.0 Å². The number of ether oxygens (including phenoxy) is 1. The van der Waals surface area contributed by atoms with E-state index in [9.17, 15) is 4.79 Å². The molecule has 3 rings (SSSR count). The smallest absolute Gasteiger partial charge is 0.348 e. The lowest BCUT2D eigenvalue weighted by molar-refractivity contribution is 0.0378. The van der Waals surface area contributed by atoms with Crippen LogP contribution in [-0.2, 0) is 4.74 Å². The molecule has 0 radical (unpaired) electrons. The molecule has 0 spiro atoms. The summed E-state index contributed by atoms with van der Waals surface area (Å²) in [6.45, 7) is 11.5. The Hall–Kier alpha value is -1.93. The zero-order chi connectivity index (χ0) is 17.1. The molecule has 2 aromatic rings. The Morgan fingerprint density at radius 1 is 1.33 bits per heavy atom. The number of hydrogen-bond donors (Lipinski definition) is 2. The molecule has 2 N–H and O–H groups in total. The standard InChI is InChI=1S/C16H26N6O2/c1-11(2)13-12(3)22-15(19-20-16(22)23)14(18-13)17-5-4-6-21-7-9-24-10-8-21/h11H,4-10H2,1-3H3,(H,17,18)(H,20,23). The van der Waals surface area contributed by atoms with Gasteiger partial charge in [-0.2, -0.15) is 0 Å². The van der Waals surface area contributed by atoms with E-state index in [0.29, 0.717) is 11.5 Å². The minimum absolute atomic E-state index is 0.219. The molecule has 0 aliphatic carbocycles. The zero-order valence-corrected chi connectivity index (χ0v) is 14.6. The van der Waals surface area contributed by atoms with E-state index < -0.39 is 0 Å². The number of fused-ring (bicyclic) bond motifs is 1. The van der Waals surface area contributed by atoms with Crippen molar-refractivity contribution in [2.45, 2.75) is 33.1 Å². The Bertz CT molecular complexity index is 745. The Morgan fingerprint density at radius 2 is 2.08 bits per heavy atom. The number of morpholine rings is 1. The van der Waals surface area contributed by atoms with Crippen molar-refractivity contribution in [1.29, 1.82) is 0 Å². The van der Waals surface area contributed by atoms with Crippen LogP contribution in [0.4, 0.5) is 5.82 Å². The predicted octanol–water partition coefficient (Wildman–Crippen LogP) is 0.984. The highest BCUT2D eigenvalue weighted by atomic mass is 16.5. The number of aromatic amines is 1. The van der Waals surface area contributed by atoms with E-state index in [4.69, 9.17) is 9.72 Å². The van der Waals surface area contributed by atoms with Gasteiger partial charge >= 0.3 is 5.69 Å². The van der Waals surface area contributed by atoms with Crippen molar-refractivity contribution < 1.29 is 4.74 Å².